The molecular formula is C26H31F3N4O2. The van der Waals surface area contributed by atoms with Crippen molar-refractivity contribution < 1.29 is 22.7 Å². The topological polar surface area (TPSA) is 66.5 Å². The minimum atomic E-state index is -4.22. The average molecular weight is 489 g/mol. The van der Waals surface area contributed by atoms with E-state index in [0.29, 0.717) is 44.8 Å². The van der Waals surface area contributed by atoms with Crippen LogP contribution in [-0.4, -0.2) is 42.9 Å². The number of nitrogens with one attached hydrogen (secondary N) is 2. The van der Waals surface area contributed by atoms with Crippen molar-refractivity contribution in [2.75, 3.05) is 30.0 Å². The molecule has 2 aromatic rings. The molecule has 0 bridgehead atoms. The summed E-state index contributed by atoms with van der Waals surface area (Å²) < 4.78 is 43.4. The van der Waals surface area contributed by atoms with Gasteiger partial charge in [0.1, 0.15) is 5.82 Å². The quantitative estimate of drug-likeness (QED) is 0.613. The first kappa shape index (κ1) is 24.1. The van der Waals surface area contributed by atoms with E-state index >= 15 is 0 Å². The molecule has 3 heterocycles. The van der Waals surface area contributed by atoms with Crippen LogP contribution >= 0.6 is 0 Å². The zero-order valence-electron chi connectivity index (χ0n) is 19.6. The number of carbonyl (C=O) groups is 1. The van der Waals surface area contributed by atoms with Crippen molar-refractivity contribution in [1.82, 2.24) is 10.3 Å². The van der Waals surface area contributed by atoms with Gasteiger partial charge >= 0.3 is 6.18 Å². The fraction of sp³-hybridized carbons (Fsp3) is 0.538. The highest BCUT2D eigenvalue weighted by molar-refractivity contribution is 5.99. The van der Waals surface area contributed by atoms with Gasteiger partial charge in [0.05, 0.1) is 31.1 Å². The van der Waals surface area contributed by atoms with Crippen LogP contribution in [0.4, 0.5) is 30.4 Å². The highest BCUT2D eigenvalue weighted by atomic mass is 19.4. The summed E-state index contributed by atoms with van der Waals surface area (Å²) in [5, 5.41) is 6.01. The van der Waals surface area contributed by atoms with Gasteiger partial charge in [-0.25, -0.2) is 4.98 Å². The van der Waals surface area contributed by atoms with Crippen molar-refractivity contribution in [1.29, 1.82) is 0 Å². The standard InChI is InChI=1S/C26H31F3N4O2/c27-26(28,29)16-31-21-8-5-17(6-9-21)25(34)33-14-19-3-1-11-30-24(19)32-22-10-7-18(13-23(22)33)20-4-2-12-35-15-20/h1,3,7,10-11,13,17,20-21,31H,2,4-6,8-9,12,14-16H2,(H,30,32)/t17-,20-,21+/m1/s1. The fourth-order valence-corrected chi connectivity index (χ4v) is 5.42. The van der Waals surface area contributed by atoms with E-state index in [9.17, 15) is 18.0 Å². The lowest BCUT2D eigenvalue weighted by molar-refractivity contribution is -0.128. The number of carbonyl (C=O) groups excluding carboxylic acids is 1. The third-order valence-corrected chi connectivity index (χ3v) is 7.35. The highest BCUT2D eigenvalue weighted by Gasteiger charge is 2.35. The second-order valence-corrected chi connectivity index (χ2v) is 9.80. The van der Waals surface area contributed by atoms with Crippen LogP contribution in [0.5, 0.6) is 0 Å². The van der Waals surface area contributed by atoms with Crippen LogP contribution in [0, 0.1) is 5.92 Å². The van der Waals surface area contributed by atoms with E-state index in [1.807, 2.05) is 23.1 Å². The van der Waals surface area contributed by atoms with E-state index < -0.39 is 12.7 Å². The fourth-order valence-electron chi connectivity index (χ4n) is 5.42. The summed E-state index contributed by atoms with van der Waals surface area (Å²) in [6.07, 6.45) is 1.84. The molecule has 1 atom stereocenters. The first-order chi connectivity index (χ1) is 16.9. The van der Waals surface area contributed by atoms with Crippen LogP contribution in [0.25, 0.3) is 0 Å². The molecule has 6 nitrogen and oxygen atoms in total. The molecule has 1 aromatic carbocycles. The van der Waals surface area contributed by atoms with Crippen molar-refractivity contribution in [3.63, 3.8) is 0 Å². The summed E-state index contributed by atoms with van der Waals surface area (Å²) >= 11 is 0. The average Bonchev–Trinajstić information content (AvgIpc) is 3.04. The van der Waals surface area contributed by atoms with E-state index in [2.05, 4.69) is 27.8 Å². The van der Waals surface area contributed by atoms with Crippen molar-refractivity contribution in [3.05, 3.63) is 47.7 Å². The van der Waals surface area contributed by atoms with Gasteiger partial charge in [0, 0.05) is 36.2 Å². The number of anilines is 3. The Bertz CT molecular complexity index is 1050. The van der Waals surface area contributed by atoms with Crippen molar-refractivity contribution >= 4 is 23.1 Å². The van der Waals surface area contributed by atoms with Crippen molar-refractivity contribution in [2.24, 2.45) is 5.92 Å². The lowest BCUT2D eigenvalue weighted by Crippen LogP contribution is -2.42. The summed E-state index contributed by atoms with van der Waals surface area (Å²) in [5.74, 6) is 0.838. The first-order valence-corrected chi connectivity index (χ1v) is 12.4. The summed E-state index contributed by atoms with van der Waals surface area (Å²) in [7, 11) is 0. The Morgan fingerprint density at radius 2 is 2.00 bits per heavy atom. The Labute approximate surface area is 203 Å². The zero-order chi connectivity index (χ0) is 24.4. The number of aromatic nitrogens is 1. The number of fused-ring (bicyclic) bond motifs is 2. The highest BCUT2D eigenvalue weighted by Crippen LogP contribution is 2.40. The van der Waals surface area contributed by atoms with Crippen LogP contribution in [0.3, 0.4) is 0 Å². The minimum absolute atomic E-state index is 0.0241. The van der Waals surface area contributed by atoms with Crippen molar-refractivity contribution in [2.45, 2.75) is 63.2 Å². The monoisotopic (exact) mass is 488 g/mol. The maximum atomic E-state index is 13.8. The Morgan fingerprint density at radius 1 is 1.17 bits per heavy atom. The molecule has 2 fully saturated rings. The molecule has 5 rings (SSSR count). The van der Waals surface area contributed by atoms with E-state index in [0.717, 1.165) is 47.8 Å². The van der Waals surface area contributed by atoms with Gasteiger partial charge in [-0.05, 0) is 62.3 Å². The second kappa shape index (κ2) is 10.1. The van der Waals surface area contributed by atoms with Crippen LogP contribution in [-0.2, 0) is 16.1 Å². The molecule has 1 saturated carbocycles. The number of pyridine rings is 1. The molecule has 9 heteroatoms. The van der Waals surface area contributed by atoms with Gasteiger partial charge in [-0.3, -0.25) is 4.79 Å². The molecule has 35 heavy (non-hydrogen) atoms. The van der Waals surface area contributed by atoms with Gasteiger partial charge in [0.2, 0.25) is 5.91 Å². The molecule has 1 amide bonds. The third-order valence-electron chi connectivity index (χ3n) is 7.35. The summed E-state index contributed by atoms with van der Waals surface area (Å²) in [6.45, 7) is 0.879. The van der Waals surface area contributed by atoms with E-state index in [4.69, 9.17) is 4.74 Å². The zero-order valence-corrected chi connectivity index (χ0v) is 19.6. The van der Waals surface area contributed by atoms with Gasteiger partial charge in [0.15, 0.2) is 0 Å². The van der Waals surface area contributed by atoms with Crippen LogP contribution < -0.4 is 15.5 Å². The molecule has 0 radical (unpaired) electrons. The normalized spacial score (nSPS) is 24.7. The predicted molar refractivity (Wildman–Crippen MR) is 128 cm³/mol. The number of hydrogen-bond acceptors (Lipinski definition) is 5. The van der Waals surface area contributed by atoms with Gasteiger partial charge in [0.25, 0.3) is 0 Å². The van der Waals surface area contributed by atoms with Crippen LogP contribution in [0.1, 0.15) is 55.6 Å². The van der Waals surface area contributed by atoms with Gasteiger partial charge in [-0.15, -0.1) is 0 Å². The summed E-state index contributed by atoms with van der Waals surface area (Å²) in [6, 6.07) is 9.83. The number of benzene rings is 1. The Balaban J connectivity index is 1.38. The lowest BCUT2D eigenvalue weighted by Gasteiger charge is -2.33. The maximum absolute atomic E-state index is 13.8. The maximum Gasteiger partial charge on any atom is 0.401 e. The molecule has 0 spiro atoms. The number of alkyl halides is 3. The Hall–Kier alpha value is -2.65. The summed E-state index contributed by atoms with van der Waals surface area (Å²) in [4.78, 5) is 20.2. The van der Waals surface area contributed by atoms with Gasteiger partial charge in [-0.2, -0.15) is 13.2 Å². The van der Waals surface area contributed by atoms with Gasteiger partial charge in [-0.1, -0.05) is 12.1 Å². The number of amides is 1. The predicted octanol–water partition coefficient (Wildman–Crippen LogP) is 5.28. The Kier molecular flexibility index (Phi) is 6.98. The smallest absolute Gasteiger partial charge is 0.381 e. The number of hydrogen-bond donors (Lipinski definition) is 2. The molecular weight excluding hydrogens is 457 g/mol. The van der Waals surface area contributed by atoms with Crippen molar-refractivity contribution in [3.8, 4) is 0 Å². The van der Waals surface area contributed by atoms with Crippen LogP contribution in [0.15, 0.2) is 36.5 Å². The van der Waals surface area contributed by atoms with Gasteiger partial charge < -0.3 is 20.3 Å². The van der Waals surface area contributed by atoms with E-state index in [1.54, 1.807) is 6.20 Å². The number of nitrogens with zero attached hydrogens (tertiary/aromatic N) is 2. The first-order valence-electron chi connectivity index (χ1n) is 12.4. The molecule has 188 valence electrons. The minimum Gasteiger partial charge on any atom is -0.381 e. The molecule has 3 aliphatic rings. The van der Waals surface area contributed by atoms with Crippen LogP contribution in [0.2, 0.25) is 0 Å². The SMILES string of the molecule is O=C([C@H]1CC[C@@H](NCC(F)(F)F)CC1)N1Cc2cccnc2Nc2ccc([C@@H]3CCCOC3)cc21. The molecule has 1 aromatic heterocycles. The molecule has 0 unspecified atom stereocenters. The number of rotatable bonds is 4. The molecule has 2 aliphatic heterocycles. The second-order valence-electron chi connectivity index (χ2n) is 9.80. The Morgan fingerprint density at radius 3 is 2.74 bits per heavy atom. The number of halogens is 3. The van der Waals surface area contributed by atoms with E-state index in [-0.39, 0.29) is 17.9 Å². The number of ether oxygens (including phenoxy) is 1. The third kappa shape index (κ3) is 5.62. The largest absolute Gasteiger partial charge is 0.401 e. The lowest BCUT2D eigenvalue weighted by atomic mass is 9.84. The molecule has 2 N–H and O–H groups in total. The summed E-state index contributed by atoms with van der Waals surface area (Å²) in [5.41, 5.74) is 3.74. The van der Waals surface area contributed by atoms with E-state index in [1.165, 1.54) is 0 Å². The molecule has 1 saturated heterocycles. The molecule has 1 aliphatic carbocycles.